The summed E-state index contributed by atoms with van der Waals surface area (Å²) in [5.41, 5.74) is 6.89. The fraction of sp³-hybridized carbons (Fsp3) is 0.353. The molecule has 1 aromatic heterocycles. The number of benzene rings is 1. The Kier molecular flexibility index (Phi) is 6.76. The lowest BCUT2D eigenvalue weighted by molar-refractivity contribution is -0.116. The molecule has 3 N–H and O–H groups in total. The smallest absolute Gasteiger partial charge is 0.350 e. The third-order valence-corrected chi connectivity index (χ3v) is 4.28. The molecule has 0 bridgehead atoms. The van der Waals surface area contributed by atoms with Crippen LogP contribution in [0.4, 0.5) is 10.8 Å². The largest absolute Gasteiger partial charge is 0.491 e. The lowest BCUT2D eigenvalue weighted by Crippen LogP contribution is -2.12. The third kappa shape index (κ3) is 5.46. The van der Waals surface area contributed by atoms with E-state index in [9.17, 15) is 9.59 Å². The van der Waals surface area contributed by atoms with Gasteiger partial charge in [0.05, 0.1) is 24.6 Å². The maximum absolute atomic E-state index is 12.0. The number of anilines is 2. The Bertz CT molecular complexity index is 745. The van der Waals surface area contributed by atoms with E-state index >= 15 is 0 Å². The number of esters is 1. The van der Waals surface area contributed by atoms with Crippen LogP contribution in [0.5, 0.6) is 5.75 Å². The maximum atomic E-state index is 12.0. The molecule has 0 saturated carbocycles. The zero-order chi connectivity index (χ0) is 18.2. The van der Waals surface area contributed by atoms with Crippen LogP contribution in [0.25, 0.3) is 0 Å². The van der Waals surface area contributed by atoms with Crippen molar-refractivity contribution in [1.82, 2.24) is 4.98 Å². The molecule has 0 aliphatic heterocycles. The highest BCUT2D eigenvalue weighted by molar-refractivity contribution is 7.17. The van der Waals surface area contributed by atoms with Crippen molar-refractivity contribution in [3.05, 3.63) is 34.8 Å². The summed E-state index contributed by atoms with van der Waals surface area (Å²) in [6.45, 7) is 4.12. The van der Waals surface area contributed by atoms with Gasteiger partial charge in [-0.05, 0) is 32.4 Å². The average molecular weight is 363 g/mol. The predicted octanol–water partition coefficient (Wildman–Crippen LogP) is 3.01. The number of hydrogen-bond donors (Lipinski definition) is 2. The Morgan fingerprint density at radius 3 is 2.80 bits per heavy atom. The van der Waals surface area contributed by atoms with Crippen LogP contribution in [0.3, 0.4) is 0 Å². The summed E-state index contributed by atoms with van der Waals surface area (Å²) in [6, 6.07) is 7.21. The molecule has 0 fully saturated rings. The average Bonchev–Trinajstić information content (AvgIpc) is 2.93. The predicted molar refractivity (Wildman–Crippen MR) is 97.0 cm³/mol. The van der Waals surface area contributed by atoms with Crippen molar-refractivity contribution in [2.24, 2.45) is 0 Å². The Morgan fingerprint density at radius 1 is 1.32 bits per heavy atom. The van der Waals surface area contributed by atoms with Gasteiger partial charge in [0.25, 0.3) is 0 Å². The molecule has 0 atom stereocenters. The zero-order valence-corrected chi connectivity index (χ0v) is 15.0. The van der Waals surface area contributed by atoms with E-state index in [1.165, 1.54) is 0 Å². The van der Waals surface area contributed by atoms with Gasteiger partial charge in [-0.3, -0.25) is 4.79 Å². The van der Waals surface area contributed by atoms with Crippen LogP contribution in [-0.4, -0.2) is 30.1 Å². The highest BCUT2D eigenvalue weighted by Gasteiger charge is 2.17. The Morgan fingerprint density at radius 2 is 2.08 bits per heavy atom. The van der Waals surface area contributed by atoms with Gasteiger partial charge in [0, 0.05) is 6.42 Å². The first kappa shape index (κ1) is 18.7. The Balaban J connectivity index is 1.78. The number of carbonyl (C=O) groups is 2. The van der Waals surface area contributed by atoms with Gasteiger partial charge in [-0.15, -0.1) is 0 Å². The fourth-order valence-electron chi connectivity index (χ4n) is 2.04. The standard InChI is InChI=1S/C17H21N3O4S/c1-3-23-16(22)15-11(2)19-17(25-15)20-14(21)9-6-10-24-13-8-5-4-7-12(13)18/h4-5,7-8H,3,6,9-10,18H2,1-2H3,(H,19,20,21). The van der Waals surface area contributed by atoms with Crippen LogP contribution in [0, 0.1) is 6.92 Å². The number of carbonyl (C=O) groups excluding carboxylic acids is 2. The number of para-hydroxylation sites is 2. The van der Waals surface area contributed by atoms with E-state index < -0.39 is 5.97 Å². The van der Waals surface area contributed by atoms with Gasteiger partial charge in [-0.1, -0.05) is 23.5 Å². The number of aromatic nitrogens is 1. The van der Waals surface area contributed by atoms with E-state index in [-0.39, 0.29) is 12.3 Å². The van der Waals surface area contributed by atoms with Crippen LogP contribution < -0.4 is 15.8 Å². The van der Waals surface area contributed by atoms with E-state index in [1.807, 2.05) is 12.1 Å². The number of nitrogen functional groups attached to an aromatic ring is 1. The molecule has 0 saturated heterocycles. The first-order valence-electron chi connectivity index (χ1n) is 7.93. The second kappa shape index (κ2) is 9.03. The normalized spacial score (nSPS) is 10.3. The van der Waals surface area contributed by atoms with Crippen LogP contribution in [-0.2, 0) is 9.53 Å². The molecule has 2 aromatic rings. The quantitative estimate of drug-likeness (QED) is 0.424. The number of nitrogens with one attached hydrogen (secondary N) is 1. The molecule has 134 valence electrons. The molecule has 1 amide bonds. The van der Waals surface area contributed by atoms with Gasteiger partial charge in [0.2, 0.25) is 5.91 Å². The van der Waals surface area contributed by atoms with Crippen LogP contribution in [0.15, 0.2) is 24.3 Å². The number of amides is 1. The van der Waals surface area contributed by atoms with E-state index in [0.717, 1.165) is 11.3 Å². The summed E-state index contributed by atoms with van der Waals surface area (Å²) >= 11 is 1.11. The lowest BCUT2D eigenvalue weighted by Gasteiger charge is -2.08. The van der Waals surface area contributed by atoms with Crippen LogP contribution >= 0.6 is 11.3 Å². The van der Waals surface area contributed by atoms with Crippen molar-refractivity contribution < 1.29 is 19.1 Å². The van der Waals surface area contributed by atoms with Gasteiger partial charge in [-0.2, -0.15) is 0 Å². The van der Waals surface area contributed by atoms with Crippen molar-refractivity contribution in [3.8, 4) is 5.75 Å². The number of aryl methyl sites for hydroxylation is 1. The molecule has 0 radical (unpaired) electrons. The third-order valence-electron chi connectivity index (χ3n) is 3.23. The van der Waals surface area contributed by atoms with Gasteiger partial charge in [0.1, 0.15) is 10.6 Å². The number of nitrogens with two attached hydrogens (primary N) is 1. The highest BCUT2D eigenvalue weighted by atomic mass is 32.1. The van der Waals surface area contributed by atoms with Crippen molar-refractivity contribution in [2.45, 2.75) is 26.7 Å². The molecule has 0 aliphatic carbocycles. The van der Waals surface area contributed by atoms with E-state index in [1.54, 1.807) is 26.0 Å². The van der Waals surface area contributed by atoms with Gasteiger partial charge >= 0.3 is 5.97 Å². The van der Waals surface area contributed by atoms with Crippen LogP contribution in [0.1, 0.15) is 35.1 Å². The number of rotatable bonds is 8. The van der Waals surface area contributed by atoms with Gasteiger partial charge < -0.3 is 20.5 Å². The van der Waals surface area contributed by atoms with Crippen molar-refractivity contribution >= 4 is 34.0 Å². The van der Waals surface area contributed by atoms with Crippen LogP contribution in [0.2, 0.25) is 0 Å². The minimum Gasteiger partial charge on any atom is -0.491 e. The molecular formula is C17H21N3O4S. The molecule has 0 spiro atoms. The van der Waals surface area contributed by atoms with E-state index in [4.69, 9.17) is 15.2 Å². The molecule has 0 aliphatic rings. The lowest BCUT2D eigenvalue weighted by atomic mass is 10.3. The molecule has 0 unspecified atom stereocenters. The van der Waals surface area contributed by atoms with Crippen molar-refractivity contribution in [2.75, 3.05) is 24.3 Å². The SMILES string of the molecule is CCOC(=O)c1sc(NC(=O)CCCOc2ccccc2N)nc1C. The van der Waals surface area contributed by atoms with Crippen molar-refractivity contribution in [3.63, 3.8) is 0 Å². The van der Waals surface area contributed by atoms with E-state index in [0.29, 0.717) is 46.8 Å². The second-order valence-electron chi connectivity index (χ2n) is 5.19. The van der Waals surface area contributed by atoms with Gasteiger partial charge in [0.15, 0.2) is 5.13 Å². The first-order chi connectivity index (χ1) is 12.0. The summed E-state index contributed by atoms with van der Waals surface area (Å²) in [4.78, 5) is 28.3. The Labute approximate surface area is 150 Å². The minimum absolute atomic E-state index is 0.186. The molecule has 2 rings (SSSR count). The summed E-state index contributed by atoms with van der Waals surface area (Å²) in [6.07, 6.45) is 0.815. The number of hydrogen-bond acceptors (Lipinski definition) is 7. The van der Waals surface area contributed by atoms with Gasteiger partial charge in [-0.25, -0.2) is 9.78 Å². The summed E-state index contributed by atoms with van der Waals surface area (Å²) in [7, 11) is 0. The topological polar surface area (TPSA) is 104 Å². The van der Waals surface area contributed by atoms with E-state index in [2.05, 4.69) is 10.3 Å². The van der Waals surface area contributed by atoms with Crippen molar-refractivity contribution in [1.29, 1.82) is 0 Å². The molecule has 25 heavy (non-hydrogen) atoms. The number of ether oxygens (including phenoxy) is 2. The fourth-order valence-corrected chi connectivity index (χ4v) is 2.92. The Hall–Kier alpha value is -2.61. The molecule has 1 aromatic carbocycles. The molecule has 8 heteroatoms. The highest BCUT2D eigenvalue weighted by Crippen LogP contribution is 2.24. The second-order valence-corrected chi connectivity index (χ2v) is 6.19. The number of nitrogens with zero attached hydrogens (tertiary/aromatic N) is 1. The summed E-state index contributed by atoms with van der Waals surface area (Å²) in [5.74, 6) is -0.00169. The molecule has 7 nitrogen and oxygen atoms in total. The monoisotopic (exact) mass is 363 g/mol. The summed E-state index contributed by atoms with van der Waals surface area (Å²) in [5, 5.41) is 3.08. The summed E-state index contributed by atoms with van der Waals surface area (Å²) < 4.78 is 10.5. The molecular weight excluding hydrogens is 342 g/mol. The zero-order valence-electron chi connectivity index (χ0n) is 14.2. The maximum Gasteiger partial charge on any atom is 0.350 e. The number of thiazole rings is 1. The first-order valence-corrected chi connectivity index (χ1v) is 8.74. The molecule has 1 heterocycles. The minimum atomic E-state index is -0.424.